The van der Waals surface area contributed by atoms with E-state index in [2.05, 4.69) is 37.3 Å². The highest BCUT2D eigenvalue weighted by Crippen LogP contribution is 2.20. The fourth-order valence-corrected chi connectivity index (χ4v) is 0.679. The molecule has 0 spiro atoms. The highest BCUT2D eigenvalue weighted by atomic mass is 79.9. The molecule has 0 heterocycles. The third kappa shape index (κ3) is 20.5. The summed E-state index contributed by atoms with van der Waals surface area (Å²) in [4.78, 5) is 21.0. The third-order valence-corrected chi connectivity index (χ3v) is 3.31. The fraction of sp³-hybridized carbons (Fsp3) is 0.818. The van der Waals surface area contributed by atoms with Crippen LogP contribution in [0.15, 0.2) is 0 Å². The lowest BCUT2D eigenvalue weighted by Gasteiger charge is -2.14. The number of carboxylic acids is 1. The van der Waals surface area contributed by atoms with E-state index >= 15 is 0 Å². The number of esters is 1. The van der Waals surface area contributed by atoms with Crippen molar-refractivity contribution in [3.05, 3.63) is 0 Å². The van der Waals surface area contributed by atoms with Gasteiger partial charge < -0.3 is 9.84 Å². The molecule has 0 aromatic rings. The number of thioether (sulfide) groups is 1. The molecule has 0 atom stereocenters. The zero-order valence-corrected chi connectivity index (χ0v) is 17.5. The smallest absolute Gasteiger partial charge is 0.322 e. The molecule has 0 aromatic heterocycles. The van der Waals surface area contributed by atoms with Crippen LogP contribution in [0.2, 0.25) is 0 Å². The first-order valence-electron chi connectivity index (χ1n) is 5.61. The molecule has 5 nitrogen and oxygen atoms in total. The lowest BCUT2D eigenvalue weighted by atomic mass is 10.2. The van der Waals surface area contributed by atoms with Crippen LogP contribution in [0.25, 0.3) is 0 Å². The van der Waals surface area contributed by atoms with Crippen molar-refractivity contribution in [2.75, 3.05) is 12.9 Å². The Kier molecular flexibility index (Phi) is 16.3. The van der Waals surface area contributed by atoms with Crippen molar-refractivity contribution >= 4 is 70.2 Å². The van der Waals surface area contributed by atoms with Crippen LogP contribution in [0.5, 0.6) is 0 Å². The average Bonchev–Trinajstić information content (AvgIpc) is 2.28. The van der Waals surface area contributed by atoms with Crippen molar-refractivity contribution in [2.45, 2.75) is 43.7 Å². The lowest BCUT2D eigenvalue weighted by molar-refractivity contribution is -0.144. The molecule has 0 aliphatic rings. The van der Waals surface area contributed by atoms with Gasteiger partial charge in [-0.25, -0.2) is 4.21 Å². The van der Waals surface area contributed by atoms with E-state index in [-0.39, 0.29) is 5.97 Å². The number of carboxylic acid groups (broad SMARTS) is 1. The van der Waals surface area contributed by atoms with E-state index in [4.69, 9.17) is 14.1 Å². The molecule has 10 heteroatoms. The van der Waals surface area contributed by atoms with Gasteiger partial charge in [0.1, 0.15) is 9.07 Å². The number of hydrogen-bond donors (Lipinski definition) is 1. The Hall–Kier alpha value is 0.500. The van der Waals surface area contributed by atoms with Crippen molar-refractivity contribution in [3.8, 4) is 0 Å². The molecule has 0 bridgehead atoms. The van der Waals surface area contributed by atoms with Crippen LogP contribution < -0.4 is 0 Å². The van der Waals surface area contributed by atoms with Crippen molar-refractivity contribution in [1.82, 2.24) is 0 Å². The summed E-state index contributed by atoms with van der Waals surface area (Å²) in [6.07, 6.45) is 1.79. The summed E-state index contributed by atoms with van der Waals surface area (Å²) in [7, 11) is 7.36. The second-order valence-corrected chi connectivity index (χ2v) is 10.3. The maximum Gasteiger partial charge on any atom is 0.322 e. The third-order valence-electron chi connectivity index (χ3n) is 1.79. The number of ether oxygens (including phenoxy) is 1. The SMILES string of the molecule is CCOC(=O)C(C)(C)Br.CSC(C)(C)C(=O)O.O=S(Cl)Cl. The number of aliphatic carboxylic acids is 1. The first-order chi connectivity index (χ1) is 9.22. The Bertz CT molecular complexity index is 342. The van der Waals surface area contributed by atoms with E-state index in [1.54, 1.807) is 40.9 Å². The van der Waals surface area contributed by atoms with Crippen LogP contribution in [-0.4, -0.2) is 43.2 Å². The molecule has 0 aromatic carbocycles. The fourth-order valence-electron chi connectivity index (χ4n) is 0.390. The normalized spacial score (nSPS) is 10.8. The zero-order valence-electron chi connectivity index (χ0n) is 12.7. The van der Waals surface area contributed by atoms with Crippen LogP contribution >= 0.6 is 49.1 Å². The monoisotopic (exact) mass is 446 g/mol. The van der Waals surface area contributed by atoms with Crippen molar-refractivity contribution in [2.24, 2.45) is 0 Å². The van der Waals surface area contributed by atoms with Gasteiger partial charge in [0, 0.05) is 21.4 Å². The minimum atomic E-state index is -1.67. The summed E-state index contributed by atoms with van der Waals surface area (Å²) in [5, 5.41) is 8.42. The van der Waals surface area contributed by atoms with Gasteiger partial charge in [0.15, 0.2) is 0 Å². The molecule has 0 saturated heterocycles. The molecule has 21 heavy (non-hydrogen) atoms. The topological polar surface area (TPSA) is 80.7 Å². The van der Waals surface area contributed by atoms with Gasteiger partial charge >= 0.3 is 11.9 Å². The first kappa shape index (κ1) is 26.4. The number of alkyl halides is 1. The molecule has 0 fully saturated rings. The van der Waals surface area contributed by atoms with Crippen molar-refractivity contribution in [3.63, 3.8) is 0 Å². The van der Waals surface area contributed by atoms with Gasteiger partial charge in [0.05, 0.1) is 6.61 Å². The van der Waals surface area contributed by atoms with E-state index in [0.29, 0.717) is 6.61 Å². The molecule has 0 unspecified atom stereocenters. The Balaban J connectivity index is -0.000000249. The van der Waals surface area contributed by atoms with Crippen LogP contribution in [0.4, 0.5) is 0 Å². The predicted molar refractivity (Wildman–Crippen MR) is 94.7 cm³/mol. The van der Waals surface area contributed by atoms with Crippen LogP contribution in [-0.2, 0) is 23.6 Å². The van der Waals surface area contributed by atoms with Gasteiger partial charge in [0.2, 0.25) is 9.23 Å². The minimum absolute atomic E-state index is 0.218. The van der Waals surface area contributed by atoms with Crippen LogP contribution in [0.1, 0.15) is 34.6 Å². The number of rotatable bonds is 4. The Labute approximate surface area is 150 Å². The Morgan fingerprint density at radius 1 is 1.29 bits per heavy atom. The average molecular weight is 448 g/mol. The van der Waals surface area contributed by atoms with Crippen LogP contribution in [0.3, 0.4) is 0 Å². The molecule has 0 rings (SSSR count). The second kappa shape index (κ2) is 13.0. The van der Waals surface area contributed by atoms with Gasteiger partial charge in [-0.15, -0.1) is 11.8 Å². The number of carbonyl (C=O) groups is 2. The molecular formula is C11H21BrCl2O5S2. The zero-order chi connectivity index (χ0) is 17.9. The van der Waals surface area contributed by atoms with E-state index in [0.717, 1.165) is 0 Å². The maximum absolute atomic E-state index is 10.8. The molecular weight excluding hydrogens is 427 g/mol. The largest absolute Gasteiger partial charge is 0.480 e. The molecule has 1 N–H and O–H groups in total. The predicted octanol–water partition coefficient (Wildman–Crippen LogP) is 3.98. The number of hydrogen-bond acceptors (Lipinski definition) is 5. The van der Waals surface area contributed by atoms with Gasteiger partial charge in [-0.1, -0.05) is 15.9 Å². The standard InChI is InChI=1S/C6H11BrO2.C5H10O2S.Cl2OS/c1-4-9-5(8)6(2,3)7;1-5(2,8-3)4(6)7;1-4(2)3/h4H2,1-3H3;1-3H3,(H,6,7);. The highest BCUT2D eigenvalue weighted by molar-refractivity contribution is 9.10. The van der Waals surface area contributed by atoms with Gasteiger partial charge in [-0.3, -0.25) is 9.59 Å². The second-order valence-electron chi connectivity index (χ2n) is 4.40. The minimum Gasteiger partial charge on any atom is -0.480 e. The van der Waals surface area contributed by atoms with E-state index in [1.165, 1.54) is 11.8 Å². The van der Waals surface area contributed by atoms with E-state index in [9.17, 15) is 9.59 Å². The summed E-state index contributed by atoms with van der Waals surface area (Å²) in [5.74, 6) is -0.977. The number of halogens is 3. The van der Waals surface area contributed by atoms with Crippen LogP contribution in [0, 0.1) is 0 Å². The Morgan fingerprint density at radius 2 is 1.62 bits per heavy atom. The molecule has 128 valence electrons. The van der Waals surface area contributed by atoms with Crippen molar-refractivity contribution < 1.29 is 23.6 Å². The Morgan fingerprint density at radius 3 is 1.67 bits per heavy atom. The summed E-state index contributed by atoms with van der Waals surface area (Å²) in [6, 6.07) is 0. The summed E-state index contributed by atoms with van der Waals surface area (Å²) >= 11 is 4.51. The lowest BCUT2D eigenvalue weighted by Crippen LogP contribution is -2.26. The van der Waals surface area contributed by atoms with Gasteiger partial charge in [-0.2, -0.15) is 0 Å². The van der Waals surface area contributed by atoms with E-state index < -0.39 is 24.3 Å². The van der Waals surface area contributed by atoms with E-state index in [1.807, 2.05) is 0 Å². The summed E-state index contributed by atoms with van der Waals surface area (Å²) in [5.41, 5.74) is 0. The molecule has 0 aliphatic carbocycles. The summed E-state index contributed by atoms with van der Waals surface area (Å²) in [6.45, 7) is 9.10. The van der Waals surface area contributed by atoms with Gasteiger partial charge in [0.25, 0.3) is 0 Å². The molecule has 0 aliphatic heterocycles. The highest BCUT2D eigenvalue weighted by Gasteiger charge is 2.25. The molecule has 0 radical (unpaired) electrons. The maximum atomic E-state index is 10.8. The van der Waals surface area contributed by atoms with Gasteiger partial charge in [-0.05, 0) is 40.9 Å². The molecule has 0 saturated carbocycles. The quantitative estimate of drug-likeness (QED) is 0.398. The summed E-state index contributed by atoms with van der Waals surface area (Å²) < 4.78 is 12.6. The van der Waals surface area contributed by atoms with Crippen molar-refractivity contribution in [1.29, 1.82) is 0 Å². The molecule has 0 amide bonds. The number of carbonyl (C=O) groups excluding carboxylic acids is 1. The first-order valence-corrected chi connectivity index (χ1v) is 10.4.